The highest BCUT2D eigenvalue weighted by atomic mass is 17.2. The van der Waals surface area contributed by atoms with E-state index in [9.17, 15) is 19.7 Å². The van der Waals surface area contributed by atoms with Crippen molar-refractivity contribution in [3.63, 3.8) is 0 Å². The Balaban J connectivity index is 2.14. The number of nitro benzene ring substituents is 1. The molecule has 0 radical (unpaired) electrons. The molecule has 0 saturated heterocycles. The molecule has 0 atom stereocenters. The first kappa shape index (κ1) is 15.2. The second-order valence-electron chi connectivity index (χ2n) is 4.17. The first-order valence-electron chi connectivity index (χ1n) is 5.95. The highest BCUT2D eigenvalue weighted by Gasteiger charge is 2.16. The van der Waals surface area contributed by atoms with Gasteiger partial charge < -0.3 is 15.3 Å². The number of nitrogens with one attached hydrogen (secondary N) is 1. The van der Waals surface area contributed by atoms with E-state index in [0.717, 1.165) is 12.1 Å². The average Bonchev–Trinajstić information content (AvgIpc) is 2.99. The minimum Gasteiger partial charge on any atom is -0.477 e. The van der Waals surface area contributed by atoms with Crippen LogP contribution in [0.15, 0.2) is 47.9 Å². The van der Waals surface area contributed by atoms with Crippen LogP contribution in [0.1, 0.15) is 10.4 Å². The van der Waals surface area contributed by atoms with Crippen molar-refractivity contribution in [3.05, 3.63) is 63.6 Å². The molecule has 114 valence electrons. The molecule has 0 spiro atoms. The number of aliphatic carboxylic acids is 1. The van der Waals surface area contributed by atoms with Gasteiger partial charge in [-0.25, -0.2) is 4.79 Å². The summed E-state index contributed by atoms with van der Waals surface area (Å²) in [5, 5.41) is 21.8. The Morgan fingerprint density at radius 3 is 2.50 bits per heavy atom. The predicted molar refractivity (Wildman–Crippen MR) is 71.4 cm³/mol. The fourth-order valence-corrected chi connectivity index (χ4v) is 1.57. The monoisotopic (exact) mass is 306 g/mol. The van der Waals surface area contributed by atoms with E-state index >= 15 is 0 Å². The lowest BCUT2D eigenvalue weighted by Gasteiger charge is -2.06. The predicted octanol–water partition coefficient (Wildman–Crippen LogP) is 1.14. The molecule has 1 aliphatic rings. The van der Waals surface area contributed by atoms with E-state index in [-0.39, 0.29) is 23.6 Å². The Hall–Kier alpha value is -3.20. The smallest absolute Gasteiger partial charge is 0.352 e. The fraction of sp³-hybridized carbons (Fsp3) is 0.0769. The number of hydrogen-bond donors (Lipinski definition) is 2. The third-order valence-electron chi connectivity index (χ3n) is 2.64. The summed E-state index contributed by atoms with van der Waals surface area (Å²) >= 11 is 0. The summed E-state index contributed by atoms with van der Waals surface area (Å²) in [7, 11) is 0. The van der Waals surface area contributed by atoms with Gasteiger partial charge in [-0.15, -0.1) is 0 Å². The lowest BCUT2D eigenvalue weighted by molar-refractivity contribution is -0.384. The summed E-state index contributed by atoms with van der Waals surface area (Å²) in [6.45, 7) is 0.0597. The highest BCUT2D eigenvalue weighted by molar-refractivity contribution is 6.00. The number of carboxylic acids is 1. The molecule has 0 aromatic heterocycles. The molecule has 2 rings (SSSR count). The molecule has 0 saturated carbocycles. The van der Waals surface area contributed by atoms with Crippen molar-refractivity contribution in [1.29, 1.82) is 0 Å². The molecule has 0 aliphatic carbocycles. The molecule has 0 fully saturated rings. The molecule has 9 heteroatoms. The van der Waals surface area contributed by atoms with E-state index in [1.54, 1.807) is 0 Å². The number of non-ortho nitro benzene ring substituents is 1. The number of nitrogens with zero attached hydrogens (tertiary/aromatic N) is 1. The second kappa shape index (κ2) is 6.50. The van der Waals surface area contributed by atoms with E-state index in [1.807, 2.05) is 0 Å². The summed E-state index contributed by atoms with van der Waals surface area (Å²) in [5.74, 6) is -2.05. The standard InChI is InChI=1S/C13H10N2O7/c16-12(9-1-3-10(4-2-9)15(19)20)14-11(13(17)18)5-8-6-21-22-7-8/h1-6H,7H2,(H,14,16)(H,17,18)/b11-5-. The topological polar surface area (TPSA) is 128 Å². The Morgan fingerprint density at radius 2 is 2.00 bits per heavy atom. The summed E-state index contributed by atoms with van der Waals surface area (Å²) in [6.07, 6.45) is 2.40. The molecular formula is C13H10N2O7. The number of hydrogen-bond acceptors (Lipinski definition) is 6. The largest absolute Gasteiger partial charge is 0.477 e. The van der Waals surface area contributed by atoms with Crippen LogP contribution in [0, 0.1) is 10.1 Å². The molecule has 1 aromatic rings. The molecule has 1 aromatic carbocycles. The first-order chi connectivity index (χ1) is 10.5. The zero-order chi connectivity index (χ0) is 16.1. The molecule has 22 heavy (non-hydrogen) atoms. The lowest BCUT2D eigenvalue weighted by atomic mass is 10.2. The van der Waals surface area contributed by atoms with Crippen LogP contribution < -0.4 is 5.32 Å². The SMILES string of the molecule is O=C(O)/C(=C/C1=COOC1)NC(=O)c1ccc([N+](=O)[O-])cc1. The second-order valence-corrected chi connectivity index (χ2v) is 4.17. The maximum Gasteiger partial charge on any atom is 0.352 e. The maximum atomic E-state index is 11.9. The van der Waals surface area contributed by atoms with Crippen LogP contribution in [0.4, 0.5) is 5.69 Å². The zero-order valence-electron chi connectivity index (χ0n) is 11.0. The number of carbonyl (C=O) groups is 2. The van der Waals surface area contributed by atoms with E-state index in [1.165, 1.54) is 24.5 Å². The molecule has 1 heterocycles. The van der Waals surface area contributed by atoms with Gasteiger partial charge in [-0.3, -0.25) is 14.9 Å². The maximum absolute atomic E-state index is 11.9. The number of carbonyl (C=O) groups excluding carboxylic acids is 1. The fourth-order valence-electron chi connectivity index (χ4n) is 1.57. The van der Waals surface area contributed by atoms with Crippen LogP contribution >= 0.6 is 0 Å². The third-order valence-corrected chi connectivity index (χ3v) is 2.64. The molecule has 9 nitrogen and oxygen atoms in total. The first-order valence-corrected chi connectivity index (χ1v) is 5.95. The lowest BCUT2D eigenvalue weighted by Crippen LogP contribution is -2.27. The van der Waals surface area contributed by atoms with E-state index in [0.29, 0.717) is 5.57 Å². The van der Waals surface area contributed by atoms with Crippen molar-refractivity contribution >= 4 is 17.6 Å². The van der Waals surface area contributed by atoms with Gasteiger partial charge in [0.25, 0.3) is 11.6 Å². The summed E-state index contributed by atoms with van der Waals surface area (Å²) in [4.78, 5) is 42.0. The van der Waals surface area contributed by atoms with Gasteiger partial charge in [-0.05, 0) is 18.2 Å². The van der Waals surface area contributed by atoms with E-state index < -0.39 is 16.8 Å². The summed E-state index contributed by atoms with van der Waals surface area (Å²) in [6, 6.07) is 4.77. The number of benzene rings is 1. The molecule has 2 N–H and O–H groups in total. The van der Waals surface area contributed by atoms with Crippen molar-refractivity contribution in [2.75, 3.05) is 6.61 Å². The van der Waals surface area contributed by atoms with Crippen LogP contribution in [-0.2, 0) is 14.6 Å². The Bertz CT molecular complexity index is 676. The normalized spacial score (nSPS) is 14.0. The van der Waals surface area contributed by atoms with Gasteiger partial charge in [-0.2, -0.15) is 4.89 Å². The van der Waals surface area contributed by atoms with Gasteiger partial charge in [0, 0.05) is 23.3 Å². The number of nitro groups is 1. The number of carboxylic acid groups (broad SMARTS) is 1. The van der Waals surface area contributed by atoms with Gasteiger partial charge >= 0.3 is 5.97 Å². The Kier molecular flexibility index (Phi) is 4.49. The third kappa shape index (κ3) is 3.67. The molecule has 0 bridgehead atoms. The van der Waals surface area contributed by atoms with Crippen LogP contribution in [-0.4, -0.2) is 28.5 Å². The van der Waals surface area contributed by atoms with Crippen molar-refractivity contribution < 1.29 is 29.4 Å². The van der Waals surface area contributed by atoms with Gasteiger partial charge in [0.15, 0.2) is 0 Å². The minimum absolute atomic E-state index is 0.0597. The van der Waals surface area contributed by atoms with Gasteiger partial charge in [-0.1, -0.05) is 0 Å². The number of rotatable bonds is 5. The van der Waals surface area contributed by atoms with Crippen molar-refractivity contribution in [1.82, 2.24) is 5.32 Å². The van der Waals surface area contributed by atoms with Crippen LogP contribution in [0.3, 0.4) is 0 Å². The Morgan fingerprint density at radius 1 is 1.32 bits per heavy atom. The summed E-state index contributed by atoms with van der Waals surface area (Å²) < 4.78 is 0. The van der Waals surface area contributed by atoms with Crippen molar-refractivity contribution in [2.45, 2.75) is 0 Å². The summed E-state index contributed by atoms with van der Waals surface area (Å²) in [5.41, 5.74) is -0.0216. The van der Waals surface area contributed by atoms with Crippen LogP contribution in [0.5, 0.6) is 0 Å². The molecular weight excluding hydrogens is 296 g/mol. The molecule has 1 aliphatic heterocycles. The van der Waals surface area contributed by atoms with Crippen molar-refractivity contribution in [3.8, 4) is 0 Å². The van der Waals surface area contributed by atoms with Gasteiger partial charge in [0.2, 0.25) is 0 Å². The van der Waals surface area contributed by atoms with Crippen molar-refractivity contribution in [2.24, 2.45) is 0 Å². The zero-order valence-corrected chi connectivity index (χ0v) is 11.0. The molecule has 1 amide bonds. The minimum atomic E-state index is -1.34. The van der Waals surface area contributed by atoms with Crippen LogP contribution in [0.25, 0.3) is 0 Å². The van der Waals surface area contributed by atoms with Crippen LogP contribution in [0.2, 0.25) is 0 Å². The molecule has 0 unspecified atom stereocenters. The van der Waals surface area contributed by atoms with E-state index in [2.05, 4.69) is 15.1 Å². The quantitative estimate of drug-likeness (QED) is 0.361. The van der Waals surface area contributed by atoms with Gasteiger partial charge in [0.05, 0.1) is 4.92 Å². The number of amides is 1. The average molecular weight is 306 g/mol. The van der Waals surface area contributed by atoms with Gasteiger partial charge in [0.1, 0.15) is 18.6 Å². The van der Waals surface area contributed by atoms with E-state index in [4.69, 9.17) is 5.11 Å². The Labute approximate surface area is 123 Å². The highest BCUT2D eigenvalue weighted by Crippen LogP contribution is 2.13.